The van der Waals surface area contributed by atoms with Crippen molar-refractivity contribution in [2.24, 2.45) is 7.05 Å². The summed E-state index contributed by atoms with van der Waals surface area (Å²) in [6.45, 7) is 2.13. The van der Waals surface area contributed by atoms with Crippen molar-refractivity contribution in [3.63, 3.8) is 0 Å². The molecule has 3 heteroatoms. The smallest absolute Gasteiger partial charge is 0.0359 e. The fourth-order valence-corrected chi connectivity index (χ4v) is 2.06. The maximum absolute atomic E-state index is 3.48. The van der Waals surface area contributed by atoms with Crippen molar-refractivity contribution >= 4 is 11.8 Å². The van der Waals surface area contributed by atoms with Crippen LogP contribution in [0.15, 0.2) is 18.3 Å². The van der Waals surface area contributed by atoms with E-state index in [0.29, 0.717) is 0 Å². The summed E-state index contributed by atoms with van der Waals surface area (Å²) < 4.78 is 2.17. The Labute approximate surface area is 97.4 Å². The van der Waals surface area contributed by atoms with Gasteiger partial charge in [0.15, 0.2) is 0 Å². The van der Waals surface area contributed by atoms with Gasteiger partial charge in [0.1, 0.15) is 0 Å². The Morgan fingerprint density at radius 2 is 2.20 bits per heavy atom. The third kappa shape index (κ3) is 5.28. The van der Waals surface area contributed by atoms with Crippen molar-refractivity contribution in [1.29, 1.82) is 0 Å². The van der Waals surface area contributed by atoms with Crippen LogP contribution >= 0.6 is 11.8 Å². The first kappa shape index (κ1) is 12.7. The van der Waals surface area contributed by atoms with Gasteiger partial charge in [0.25, 0.3) is 0 Å². The van der Waals surface area contributed by atoms with Crippen LogP contribution in [0.1, 0.15) is 25.0 Å². The SMILES string of the molecule is CSCCCCCNCc1cccn1C. The van der Waals surface area contributed by atoms with Crippen molar-refractivity contribution in [1.82, 2.24) is 9.88 Å². The average Bonchev–Trinajstić information content (AvgIpc) is 2.63. The molecule has 0 amide bonds. The molecule has 0 aliphatic rings. The fraction of sp³-hybridized carbons (Fsp3) is 0.667. The Morgan fingerprint density at radius 3 is 2.87 bits per heavy atom. The fourth-order valence-electron chi connectivity index (χ4n) is 1.57. The van der Waals surface area contributed by atoms with Gasteiger partial charge >= 0.3 is 0 Å². The molecule has 0 aromatic carbocycles. The molecule has 0 aliphatic carbocycles. The summed E-state index contributed by atoms with van der Waals surface area (Å²) in [5.41, 5.74) is 1.36. The largest absolute Gasteiger partial charge is 0.353 e. The standard InChI is InChI=1S/C12H22N2S/c1-14-9-6-7-12(14)11-13-8-4-3-5-10-15-2/h6-7,9,13H,3-5,8,10-11H2,1-2H3. The van der Waals surface area contributed by atoms with Crippen LogP contribution in [-0.2, 0) is 13.6 Å². The van der Waals surface area contributed by atoms with E-state index in [9.17, 15) is 0 Å². The second-order valence-electron chi connectivity index (χ2n) is 3.84. The summed E-state index contributed by atoms with van der Waals surface area (Å²) in [6, 6.07) is 4.26. The highest BCUT2D eigenvalue weighted by Gasteiger charge is 1.95. The first-order valence-corrected chi connectivity index (χ1v) is 7.04. The molecule has 15 heavy (non-hydrogen) atoms. The number of unbranched alkanes of at least 4 members (excludes halogenated alkanes) is 2. The lowest BCUT2D eigenvalue weighted by Crippen LogP contribution is -2.16. The third-order valence-electron chi connectivity index (χ3n) is 2.56. The predicted octanol–water partition coefficient (Wildman–Crippen LogP) is 2.65. The number of nitrogens with one attached hydrogen (secondary N) is 1. The van der Waals surface area contributed by atoms with Crippen molar-refractivity contribution in [2.75, 3.05) is 18.6 Å². The van der Waals surface area contributed by atoms with E-state index >= 15 is 0 Å². The van der Waals surface area contributed by atoms with Gasteiger partial charge in [-0.15, -0.1) is 0 Å². The number of hydrogen-bond donors (Lipinski definition) is 1. The normalized spacial score (nSPS) is 10.8. The van der Waals surface area contributed by atoms with Gasteiger partial charge in [-0.3, -0.25) is 0 Å². The van der Waals surface area contributed by atoms with Crippen molar-refractivity contribution in [3.05, 3.63) is 24.0 Å². The van der Waals surface area contributed by atoms with Crippen LogP contribution in [0.5, 0.6) is 0 Å². The maximum Gasteiger partial charge on any atom is 0.0359 e. The average molecular weight is 226 g/mol. The molecule has 0 saturated heterocycles. The number of hydrogen-bond acceptors (Lipinski definition) is 2. The molecule has 0 aliphatic heterocycles. The van der Waals surface area contributed by atoms with E-state index in [-0.39, 0.29) is 0 Å². The maximum atomic E-state index is 3.48. The lowest BCUT2D eigenvalue weighted by atomic mass is 10.2. The van der Waals surface area contributed by atoms with E-state index in [1.165, 1.54) is 30.7 Å². The summed E-state index contributed by atoms with van der Waals surface area (Å²) in [5, 5.41) is 3.48. The van der Waals surface area contributed by atoms with Gasteiger partial charge in [-0.25, -0.2) is 0 Å². The highest BCUT2D eigenvalue weighted by atomic mass is 32.2. The van der Waals surface area contributed by atoms with Crippen LogP contribution < -0.4 is 5.32 Å². The Bertz CT molecular complexity index is 258. The van der Waals surface area contributed by atoms with Crippen LogP contribution in [0.2, 0.25) is 0 Å². The molecule has 0 unspecified atom stereocenters. The van der Waals surface area contributed by atoms with Crippen LogP contribution in [0.4, 0.5) is 0 Å². The van der Waals surface area contributed by atoms with Crippen LogP contribution in [-0.4, -0.2) is 23.1 Å². The van der Waals surface area contributed by atoms with E-state index in [0.717, 1.165) is 13.1 Å². The minimum Gasteiger partial charge on any atom is -0.353 e. The van der Waals surface area contributed by atoms with E-state index in [1.807, 2.05) is 11.8 Å². The summed E-state index contributed by atoms with van der Waals surface area (Å²) in [7, 11) is 2.09. The van der Waals surface area contributed by atoms with Gasteiger partial charge in [-0.1, -0.05) is 6.42 Å². The molecular formula is C12H22N2S. The molecular weight excluding hydrogens is 204 g/mol. The number of aromatic nitrogens is 1. The molecule has 0 atom stereocenters. The lowest BCUT2D eigenvalue weighted by molar-refractivity contribution is 0.602. The number of nitrogens with zero attached hydrogens (tertiary/aromatic N) is 1. The molecule has 0 saturated carbocycles. The topological polar surface area (TPSA) is 17.0 Å². The van der Waals surface area contributed by atoms with Crippen molar-refractivity contribution in [3.8, 4) is 0 Å². The lowest BCUT2D eigenvalue weighted by Gasteiger charge is -2.05. The molecule has 1 aromatic heterocycles. The zero-order valence-corrected chi connectivity index (χ0v) is 10.6. The number of thioether (sulfide) groups is 1. The summed E-state index contributed by atoms with van der Waals surface area (Å²) >= 11 is 1.94. The van der Waals surface area contributed by atoms with Gasteiger partial charge in [-0.05, 0) is 43.5 Å². The van der Waals surface area contributed by atoms with E-state index in [4.69, 9.17) is 0 Å². The molecule has 1 aromatic rings. The van der Waals surface area contributed by atoms with Gasteiger partial charge in [0.2, 0.25) is 0 Å². The molecule has 0 bridgehead atoms. The Morgan fingerprint density at radius 1 is 1.33 bits per heavy atom. The second kappa shape index (κ2) is 7.83. The van der Waals surface area contributed by atoms with E-state index < -0.39 is 0 Å². The van der Waals surface area contributed by atoms with Gasteiger partial charge in [0, 0.05) is 25.5 Å². The number of rotatable bonds is 8. The Kier molecular flexibility index (Phi) is 6.60. The zero-order valence-electron chi connectivity index (χ0n) is 9.83. The van der Waals surface area contributed by atoms with Crippen LogP contribution in [0.25, 0.3) is 0 Å². The van der Waals surface area contributed by atoms with Gasteiger partial charge < -0.3 is 9.88 Å². The monoisotopic (exact) mass is 226 g/mol. The third-order valence-corrected chi connectivity index (χ3v) is 3.26. The second-order valence-corrected chi connectivity index (χ2v) is 4.83. The molecule has 0 radical (unpaired) electrons. The molecule has 86 valence electrons. The first-order chi connectivity index (χ1) is 7.34. The number of aryl methyl sites for hydroxylation is 1. The predicted molar refractivity (Wildman–Crippen MR) is 69.4 cm³/mol. The van der Waals surface area contributed by atoms with Crippen LogP contribution in [0.3, 0.4) is 0 Å². The molecule has 1 rings (SSSR count). The molecule has 2 nitrogen and oxygen atoms in total. The zero-order chi connectivity index (χ0) is 10.9. The Hall–Kier alpha value is -0.410. The molecule has 0 fully saturated rings. The highest BCUT2D eigenvalue weighted by molar-refractivity contribution is 7.98. The van der Waals surface area contributed by atoms with E-state index in [2.05, 4.69) is 41.5 Å². The van der Waals surface area contributed by atoms with E-state index in [1.54, 1.807) is 0 Å². The van der Waals surface area contributed by atoms with Crippen LogP contribution in [0, 0.1) is 0 Å². The first-order valence-electron chi connectivity index (χ1n) is 5.64. The van der Waals surface area contributed by atoms with Gasteiger partial charge in [0.05, 0.1) is 0 Å². The molecule has 1 heterocycles. The molecule has 0 spiro atoms. The van der Waals surface area contributed by atoms with Crippen molar-refractivity contribution in [2.45, 2.75) is 25.8 Å². The Balaban J connectivity index is 1.96. The summed E-state index contributed by atoms with van der Waals surface area (Å²) in [6.07, 6.45) is 8.27. The minimum absolute atomic E-state index is 0.992. The summed E-state index contributed by atoms with van der Waals surface area (Å²) in [5.74, 6) is 1.30. The molecule has 1 N–H and O–H groups in total. The highest BCUT2D eigenvalue weighted by Crippen LogP contribution is 2.02. The van der Waals surface area contributed by atoms with Crippen molar-refractivity contribution < 1.29 is 0 Å². The summed E-state index contributed by atoms with van der Waals surface area (Å²) in [4.78, 5) is 0. The van der Waals surface area contributed by atoms with Gasteiger partial charge in [-0.2, -0.15) is 11.8 Å². The minimum atomic E-state index is 0.992. The quantitative estimate of drug-likeness (QED) is 0.686.